The van der Waals surface area contributed by atoms with Crippen molar-refractivity contribution in [2.45, 2.75) is 44.8 Å². The number of alkyl halides is 3. The van der Waals surface area contributed by atoms with Crippen LogP contribution in [-0.4, -0.2) is 23.7 Å². The third-order valence-electron chi connectivity index (χ3n) is 3.42. The second-order valence-electron chi connectivity index (χ2n) is 5.59. The first-order valence-electron chi connectivity index (χ1n) is 6.68. The van der Waals surface area contributed by atoms with Gasteiger partial charge in [-0.15, -0.1) is 0 Å². The fourth-order valence-electron chi connectivity index (χ4n) is 1.89. The van der Waals surface area contributed by atoms with E-state index in [0.717, 1.165) is 12.1 Å². The second kappa shape index (κ2) is 6.47. The van der Waals surface area contributed by atoms with E-state index in [4.69, 9.17) is 5.11 Å². The molecule has 0 unspecified atom stereocenters. The van der Waals surface area contributed by atoms with Crippen LogP contribution in [0.2, 0.25) is 0 Å². The lowest BCUT2D eigenvalue weighted by atomic mass is 9.82. The zero-order chi connectivity index (χ0) is 16.3. The molecular weight excluding hydrogens is 283 g/mol. The van der Waals surface area contributed by atoms with Gasteiger partial charge in [0.2, 0.25) is 5.91 Å². The average molecular weight is 303 g/mol. The maximum absolute atomic E-state index is 12.7. The van der Waals surface area contributed by atoms with Crippen LogP contribution >= 0.6 is 0 Å². The van der Waals surface area contributed by atoms with E-state index in [0.29, 0.717) is 12.0 Å². The lowest BCUT2D eigenvalue weighted by molar-refractivity contribution is -0.138. The number of aliphatic hydroxyl groups excluding tert-OH is 1. The average Bonchev–Trinajstić information content (AvgIpc) is 2.38. The molecule has 0 bridgehead atoms. The Morgan fingerprint density at radius 2 is 1.86 bits per heavy atom. The summed E-state index contributed by atoms with van der Waals surface area (Å²) in [5, 5.41) is 11.5. The summed E-state index contributed by atoms with van der Waals surface area (Å²) in [6.45, 7) is 4.81. The van der Waals surface area contributed by atoms with Crippen LogP contribution in [0.25, 0.3) is 0 Å². The number of rotatable bonds is 5. The number of carbonyl (C=O) groups excluding carboxylic acids is 1. The molecule has 6 heteroatoms. The van der Waals surface area contributed by atoms with Gasteiger partial charge in [-0.05, 0) is 38.8 Å². The molecule has 0 fully saturated rings. The van der Waals surface area contributed by atoms with Crippen LogP contribution in [0.3, 0.4) is 0 Å². The molecule has 0 heterocycles. The van der Waals surface area contributed by atoms with Crippen LogP contribution in [0.1, 0.15) is 38.3 Å². The first kappa shape index (κ1) is 17.5. The molecule has 0 saturated carbocycles. The number of hydrogen-bond donors (Lipinski definition) is 2. The molecule has 3 nitrogen and oxygen atoms in total. The maximum atomic E-state index is 12.7. The molecule has 1 aromatic rings. The molecule has 21 heavy (non-hydrogen) atoms. The number of aliphatic hydroxyl groups is 1. The molecule has 1 rings (SSSR count). The summed E-state index contributed by atoms with van der Waals surface area (Å²) in [5.74, 6) is -0.372. The van der Waals surface area contributed by atoms with Crippen molar-refractivity contribution in [2.24, 2.45) is 0 Å². The Bertz CT molecular complexity index is 498. The lowest BCUT2D eigenvalue weighted by Crippen LogP contribution is -2.44. The van der Waals surface area contributed by atoms with Crippen molar-refractivity contribution >= 4 is 5.91 Å². The third-order valence-corrected chi connectivity index (χ3v) is 3.42. The summed E-state index contributed by atoms with van der Waals surface area (Å²) < 4.78 is 38.2. The number of benzene rings is 1. The van der Waals surface area contributed by atoms with E-state index in [9.17, 15) is 18.0 Å². The number of halogens is 3. The summed E-state index contributed by atoms with van der Waals surface area (Å²) >= 11 is 0. The minimum absolute atomic E-state index is 0.0641. The van der Waals surface area contributed by atoms with Crippen LogP contribution in [0.4, 0.5) is 13.2 Å². The molecule has 0 radical (unpaired) electrons. The summed E-state index contributed by atoms with van der Waals surface area (Å²) in [6, 6.07) is 4.53. The Labute approximate surface area is 122 Å². The Hall–Kier alpha value is -1.56. The van der Waals surface area contributed by atoms with Crippen molar-refractivity contribution in [3.63, 3.8) is 0 Å². The van der Waals surface area contributed by atoms with Crippen LogP contribution in [0.5, 0.6) is 0 Å². The fraction of sp³-hybridized carbons (Fsp3) is 0.533. The predicted molar refractivity (Wildman–Crippen MR) is 73.8 cm³/mol. The zero-order valence-corrected chi connectivity index (χ0v) is 12.3. The first-order valence-corrected chi connectivity index (χ1v) is 6.68. The molecule has 0 aliphatic carbocycles. The highest BCUT2D eigenvalue weighted by Gasteiger charge is 2.35. The highest BCUT2D eigenvalue weighted by molar-refractivity contribution is 5.87. The normalized spacial score (nSPS) is 13.9. The standard InChI is InChI=1S/C15H20F3NO2/c1-10(7-8-20)19-13(21)14(2,3)11-5-4-6-12(9-11)15(16,17)18/h4-6,9-10,20H,7-8H2,1-3H3,(H,19,21)/t10-/m1/s1. The topological polar surface area (TPSA) is 49.3 Å². The molecule has 2 N–H and O–H groups in total. The molecule has 0 aliphatic rings. The van der Waals surface area contributed by atoms with E-state index >= 15 is 0 Å². The van der Waals surface area contributed by atoms with Crippen molar-refractivity contribution in [1.82, 2.24) is 5.32 Å². The van der Waals surface area contributed by atoms with Gasteiger partial charge in [0.25, 0.3) is 0 Å². The van der Waals surface area contributed by atoms with E-state index < -0.39 is 17.2 Å². The lowest BCUT2D eigenvalue weighted by Gasteiger charge is -2.27. The summed E-state index contributed by atoms with van der Waals surface area (Å²) in [5.41, 5.74) is -1.57. The van der Waals surface area contributed by atoms with Crippen molar-refractivity contribution in [2.75, 3.05) is 6.61 Å². The quantitative estimate of drug-likeness (QED) is 0.879. The van der Waals surface area contributed by atoms with E-state index in [1.54, 1.807) is 20.8 Å². The van der Waals surface area contributed by atoms with Gasteiger partial charge in [-0.25, -0.2) is 0 Å². The minimum Gasteiger partial charge on any atom is -0.396 e. The van der Waals surface area contributed by atoms with Crippen LogP contribution in [-0.2, 0) is 16.4 Å². The number of hydrogen-bond acceptors (Lipinski definition) is 2. The van der Waals surface area contributed by atoms with Gasteiger partial charge in [-0.3, -0.25) is 4.79 Å². The highest BCUT2D eigenvalue weighted by Crippen LogP contribution is 2.32. The van der Waals surface area contributed by atoms with Crippen LogP contribution in [0.15, 0.2) is 24.3 Å². The first-order chi connectivity index (χ1) is 9.59. The predicted octanol–water partition coefficient (Wildman–Crippen LogP) is 2.87. The van der Waals surface area contributed by atoms with Gasteiger partial charge in [0, 0.05) is 12.6 Å². The maximum Gasteiger partial charge on any atom is 0.416 e. The molecule has 0 spiro atoms. The zero-order valence-electron chi connectivity index (χ0n) is 12.3. The van der Waals surface area contributed by atoms with Crippen molar-refractivity contribution in [3.05, 3.63) is 35.4 Å². The Balaban J connectivity index is 2.99. The SMILES string of the molecule is C[C@H](CCO)NC(=O)C(C)(C)c1cccc(C(F)(F)F)c1. The van der Waals surface area contributed by atoms with E-state index in [1.165, 1.54) is 12.1 Å². The van der Waals surface area contributed by atoms with E-state index in [1.807, 2.05) is 0 Å². The molecule has 1 amide bonds. The molecule has 0 saturated heterocycles. The monoisotopic (exact) mass is 303 g/mol. The van der Waals surface area contributed by atoms with Crippen molar-refractivity contribution in [3.8, 4) is 0 Å². The van der Waals surface area contributed by atoms with Gasteiger partial charge in [0.15, 0.2) is 0 Å². The van der Waals surface area contributed by atoms with Gasteiger partial charge >= 0.3 is 6.18 Å². The van der Waals surface area contributed by atoms with Gasteiger partial charge in [0.05, 0.1) is 11.0 Å². The van der Waals surface area contributed by atoms with Crippen LogP contribution in [0, 0.1) is 0 Å². The Morgan fingerprint density at radius 1 is 1.29 bits per heavy atom. The summed E-state index contributed by atoms with van der Waals surface area (Å²) in [4.78, 5) is 12.2. The largest absolute Gasteiger partial charge is 0.416 e. The van der Waals surface area contributed by atoms with Gasteiger partial charge in [-0.1, -0.05) is 18.2 Å². The smallest absolute Gasteiger partial charge is 0.396 e. The molecular formula is C15H20F3NO2. The summed E-state index contributed by atoms with van der Waals surface area (Å²) in [7, 11) is 0. The van der Waals surface area contributed by atoms with Gasteiger partial charge in [-0.2, -0.15) is 13.2 Å². The third kappa shape index (κ3) is 4.46. The molecule has 118 valence electrons. The molecule has 1 aromatic carbocycles. The number of amides is 1. The van der Waals surface area contributed by atoms with Crippen molar-refractivity contribution in [1.29, 1.82) is 0 Å². The Kier molecular flexibility index (Phi) is 5.39. The van der Waals surface area contributed by atoms with Gasteiger partial charge in [0.1, 0.15) is 0 Å². The second-order valence-corrected chi connectivity index (χ2v) is 5.59. The Morgan fingerprint density at radius 3 is 2.38 bits per heavy atom. The van der Waals surface area contributed by atoms with Crippen LogP contribution < -0.4 is 5.32 Å². The summed E-state index contributed by atoms with van der Waals surface area (Å²) in [6.07, 6.45) is -4.04. The fourth-order valence-corrected chi connectivity index (χ4v) is 1.89. The van der Waals surface area contributed by atoms with E-state index in [-0.39, 0.29) is 18.6 Å². The van der Waals surface area contributed by atoms with E-state index in [2.05, 4.69) is 5.32 Å². The molecule has 0 aliphatic heterocycles. The molecule has 0 aromatic heterocycles. The highest BCUT2D eigenvalue weighted by atomic mass is 19.4. The minimum atomic E-state index is -4.44. The van der Waals surface area contributed by atoms with Crippen molar-refractivity contribution < 1.29 is 23.1 Å². The number of carbonyl (C=O) groups is 1. The van der Waals surface area contributed by atoms with Gasteiger partial charge < -0.3 is 10.4 Å². The number of nitrogens with one attached hydrogen (secondary N) is 1. The molecule has 1 atom stereocenters.